The number of benzene rings is 1. The highest BCUT2D eigenvalue weighted by molar-refractivity contribution is 9.09. The van der Waals surface area contributed by atoms with Gasteiger partial charge in [0, 0.05) is 5.56 Å². The van der Waals surface area contributed by atoms with Crippen LogP contribution in [0.1, 0.15) is 20.9 Å². The number of fused-ring (bicyclic) bond motifs is 1. The Balaban J connectivity index is 2.34. The first-order chi connectivity index (χ1) is 7.08. The molecule has 0 aromatic heterocycles. The number of halogens is 3. The third-order valence-electron chi connectivity index (χ3n) is 1.92. The lowest BCUT2D eigenvalue weighted by molar-refractivity contribution is -0.0499. The Bertz CT molecular complexity index is 408. The Morgan fingerprint density at radius 1 is 1.47 bits per heavy atom. The Kier molecular flexibility index (Phi) is 2.60. The van der Waals surface area contributed by atoms with Crippen LogP contribution in [0.5, 0.6) is 5.75 Å². The van der Waals surface area contributed by atoms with Gasteiger partial charge in [0.25, 0.3) is 0 Å². The van der Waals surface area contributed by atoms with Gasteiger partial charge < -0.3 is 9.47 Å². The largest absolute Gasteiger partial charge is 0.442 e. The average Bonchev–Trinajstić information content (AvgIpc) is 2.41. The maximum absolute atomic E-state index is 11.9. The summed E-state index contributed by atoms with van der Waals surface area (Å²) in [6.45, 7) is -2.90. The average molecular weight is 279 g/mol. The minimum Gasteiger partial charge on any atom is -0.442 e. The van der Waals surface area contributed by atoms with Crippen molar-refractivity contribution in [3.8, 4) is 5.75 Å². The molecule has 0 saturated carbocycles. The second-order valence-corrected chi connectivity index (χ2v) is 3.68. The van der Waals surface area contributed by atoms with Crippen molar-refractivity contribution < 1.29 is 23.0 Å². The molecule has 1 unspecified atom stereocenters. The summed E-state index contributed by atoms with van der Waals surface area (Å²) in [7, 11) is 0. The van der Waals surface area contributed by atoms with Crippen LogP contribution in [-0.4, -0.2) is 12.6 Å². The summed E-state index contributed by atoms with van der Waals surface area (Å²) in [6, 6.07) is 4.11. The monoisotopic (exact) mass is 278 g/mol. The Labute approximate surface area is 92.1 Å². The molecule has 3 nitrogen and oxygen atoms in total. The number of alkyl halides is 3. The second-order valence-electron chi connectivity index (χ2n) is 2.85. The predicted molar refractivity (Wildman–Crippen MR) is 50.2 cm³/mol. The van der Waals surface area contributed by atoms with E-state index in [4.69, 9.17) is 4.74 Å². The number of hydrogen-bond donors (Lipinski definition) is 0. The molecule has 0 aliphatic carbocycles. The number of ether oxygens (including phenoxy) is 2. The molecule has 0 N–H and O–H groups in total. The molecule has 2 rings (SSSR count). The fraction of sp³-hybridized carbons (Fsp3) is 0.222. The molecule has 1 atom stereocenters. The van der Waals surface area contributed by atoms with E-state index >= 15 is 0 Å². The number of esters is 1. The minimum absolute atomic E-state index is 0.0534. The van der Waals surface area contributed by atoms with Crippen LogP contribution in [0.25, 0.3) is 0 Å². The van der Waals surface area contributed by atoms with Crippen LogP contribution in [0.2, 0.25) is 0 Å². The standard InChI is InChI=1S/C9H5BrF2O3/c10-7-5-2-1-4(14-9(11)12)3-6(5)8(13)15-7/h1-3,7,9H. The van der Waals surface area contributed by atoms with E-state index in [-0.39, 0.29) is 11.3 Å². The van der Waals surface area contributed by atoms with Crippen molar-refractivity contribution in [3.05, 3.63) is 29.3 Å². The van der Waals surface area contributed by atoms with Gasteiger partial charge in [-0.05, 0) is 34.1 Å². The zero-order valence-corrected chi connectivity index (χ0v) is 8.83. The fourth-order valence-electron chi connectivity index (χ4n) is 1.31. The van der Waals surface area contributed by atoms with Gasteiger partial charge in [-0.2, -0.15) is 8.78 Å². The van der Waals surface area contributed by atoms with E-state index in [0.717, 1.165) is 0 Å². The second kappa shape index (κ2) is 3.77. The lowest BCUT2D eigenvalue weighted by atomic mass is 10.1. The Morgan fingerprint density at radius 3 is 2.87 bits per heavy atom. The van der Waals surface area contributed by atoms with E-state index in [1.54, 1.807) is 0 Å². The van der Waals surface area contributed by atoms with Crippen LogP contribution in [0.4, 0.5) is 8.78 Å². The summed E-state index contributed by atoms with van der Waals surface area (Å²) in [5, 5.41) is -0.513. The molecule has 0 bridgehead atoms. The topological polar surface area (TPSA) is 35.5 Å². The molecule has 15 heavy (non-hydrogen) atoms. The maximum Gasteiger partial charge on any atom is 0.387 e. The highest BCUT2D eigenvalue weighted by Crippen LogP contribution is 2.36. The smallest absolute Gasteiger partial charge is 0.387 e. The lowest BCUT2D eigenvalue weighted by Crippen LogP contribution is -2.03. The summed E-state index contributed by atoms with van der Waals surface area (Å²) in [4.78, 5) is 11.2. The van der Waals surface area contributed by atoms with Crippen LogP contribution in [0, 0.1) is 0 Å². The Morgan fingerprint density at radius 2 is 2.20 bits per heavy atom. The van der Waals surface area contributed by atoms with Crippen LogP contribution < -0.4 is 4.74 Å². The first kappa shape index (κ1) is 10.4. The molecule has 1 aromatic rings. The number of cyclic esters (lactones) is 1. The van der Waals surface area contributed by atoms with Gasteiger partial charge in [-0.3, -0.25) is 0 Å². The zero-order valence-electron chi connectivity index (χ0n) is 7.25. The molecule has 6 heteroatoms. The van der Waals surface area contributed by atoms with Gasteiger partial charge in [-0.25, -0.2) is 4.79 Å². The van der Waals surface area contributed by atoms with E-state index in [1.807, 2.05) is 0 Å². The van der Waals surface area contributed by atoms with Crippen LogP contribution in [0.15, 0.2) is 18.2 Å². The summed E-state index contributed by atoms with van der Waals surface area (Å²) in [6.07, 6.45) is 0. The van der Waals surface area contributed by atoms with Gasteiger partial charge in [0.05, 0.1) is 5.56 Å². The van der Waals surface area contributed by atoms with Crippen molar-refractivity contribution >= 4 is 21.9 Å². The molecule has 0 amide bonds. The minimum atomic E-state index is -2.90. The fourth-order valence-corrected chi connectivity index (χ4v) is 1.88. The van der Waals surface area contributed by atoms with E-state index in [0.29, 0.717) is 5.56 Å². The predicted octanol–water partition coefficient (Wildman–Crippen LogP) is 2.85. The highest BCUT2D eigenvalue weighted by Gasteiger charge is 2.29. The van der Waals surface area contributed by atoms with Gasteiger partial charge in [0.2, 0.25) is 0 Å². The molecule has 80 valence electrons. The van der Waals surface area contributed by atoms with Crippen molar-refractivity contribution in [1.82, 2.24) is 0 Å². The molecule has 1 aromatic carbocycles. The number of rotatable bonds is 2. The first-order valence-corrected chi connectivity index (χ1v) is 4.93. The maximum atomic E-state index is 11.9. The summed E-state index contributed by atoms with van der Waals surface area (Å²) >= 11 is 3.12. The number of hydrogen-bond acceptors (Lipinski definition) is 3. The van der Waals surface area contributed by atoms with Crippen LogP contribution >= 0.6 is 15.9 Å². The van der Waals surface area contributed by atoms with E-state index in [2.05, 4.69) is 20.7 Å². The van der Waals surface area contributed by atoms with Gasteiger partial charge >= 0.3 is 12.6 Å². The van der Waals surface area contributed by atoms with Gasteiger partial charge in [-0.15, -0.1) is 0 Å². The van der Waals surface area contributed by atoms with Crippen molar-refractivity contribution in [2.45, 2.75) is 11.6 Å². The third kappa shape index (κ3) is 1.94. The van der Waals surface area contributed by atoms with Crippen LogP contribution in [0.3, 0.4) is 0 Å². The summed E-state index contributed by atoms with van der Waals surface area (Å²) in [5.41, 5.74) is 0.858. The quantitative estimate of drug-likeness (QED) is 0.617. The van der Waals surface area contributed by atoms with E-state index in [1.165, 1.54) is 18.2 Å². The molecular formula is C9H5BrF2O3. The SMILES string of the molecule is O=C1OC(Br)c2ccc(OC(F)F)cc21. The van der Waals surface area contributed by atoms with Gasteiger partial charge in [0.1, 0.15) is 5.75 Å². The Hall–Kier alpha value is -1.17. The molecule has 0 fully saturated rings. The molecule has 1 heterocycles. The van der Waals surface area contributed by atoms with E-state index in [9.17, 15) is 13.6 Å². The normalized spacial score (nSPS) is 18.9. The molecule has 1 aliphatic heterocycles. The summed E-state index contributed by atoms with van der Waals surface area (Å²) in [5.74, 6) is -0.603. The van der Waals surface area contributed by atoms with Crippen molar-refractivity contribution in [2.75, 3.05) is 0 Å². The van der Waals surface area contributed by atoms with Gasteiger partial charge in [0.15, 0.2) is 5.01 Å². The molecule has 0 spiro atoms. The van der Waals surface area contributed by atoms with Crippen LogP contribution in [-0.2, 0) is 4.74 Å². The van der Waals surface area contributed by atoms with Gasteiger partial charge in [-0.1, -0.05) is 0 Å². The third-order valence-corrected chi connectivity index (χ3v) is 2.61. The molecular weight excluding hydrogens is 274 g/mol. The number of carbonyl (C=O) groups is 1. The van der Waals surface area contributed by atoms with Crippen molar-refractivity contribution in [1.29, 1.82) is 0 Å². The summed E-state index contributed by atoms with van der Waals surface area (Å²) < 4.78 is 32.8. The lowest BCUT2D eigenvalue weighted by Gasteiger charge is -2.05. The molecule has 1 aliphatic rings. The highest BCUT2D eigenvalue weighted by atomic mass is 79.9. The molecule has 0 saturated heterocycles. The molecule has 0 radical (unpaired) electrons. The van der Waals surface area contributed by atoms with Crippen molar-refractivity contribution in [2.24, 2.45) is 0 Å². The van der Waals surface area contributed by atoms with Crippen molar-refractivity contribution in [3.63, 3.8) is 0 Å². The first-order valence-electron chi connectivity index (χ1n) is 4.02. The van der Waals surface area contributed by atoms with E-state index < -0.39 is 17.6 Å². The number of carbonyl (C=O) groups excluding carboxylic acids is 1. The zero-order chi connectivity index (χ0) is 11.0.